The topological polar surface area (TPSA) is 58.0 Å². The highest BCUT2D eigenvalue weighted by Gasteiger charge is 2.18. The highest BCUT2D eigenvalue weighted by Crippen LogP contribution is 2.26. The molecule has 1 unspecified atom stereocenters. The van der Waals surface area contributed by atoms with Crippen LogP contribution in [-0.2, 0) is 12.8 Å². The number of H-pyrrole nitrogens is 1. The Morgan fingerprint density at radius 1 is 1.21 bits per heavy atom. The lowest BCUT2D eigenvalue weighted by atomic mass is 9.89. The van der Waals surface area contributed by atoms with Crippen LogP contribution in [0.3, 0.4) is 0 Å². The van der Waals surface area contributed by atoms with Crippen molar-refractivity contribution in [3.05, 3.63) is 59.0 Å². The summed E-state index contributed by atoms with van der Waals surface area (Å²) in [5.74, 6) is -0.0917. The summed E-state index contributed by atoms with van der Waals surface area (Å²) in [7, 11) is 0. The number of benzene rings is 1. The Bertz CT molecular complexity index is 846. The van der Waals surface area contributed by atoms with E-state index in [1.165, 1.54) is 36.0 Å². The molecule has 0 saturated heterocycles. The van der Waals surface area contributed by atoms with Crippen LogP contribution in [0.1, 0.15) is 59.4 Å². The van der Waals surface area contributed by atoms with Crippen LogP contribution in [0.5, 0.6) is 0 Å². The lowest BCUT2D eigenvalue weighted by Crippen LogP contribution is -2.28. The molecule has 4 rings (SSSR count). The number of hydrogen-bond donors (Lipinski definition) is 2. The van der Waals surface area contributed by atoms with Crippen LogP contribution in [0.4, 0.5) is 0 Å². The normalized spacial score (nSPS) is 15.2. The molecule has 0 bridgehead atoms. The first-order chi connectivity index (χ1) is 11.7. The molecule has 2 aromatic heterocycles. The number of carbonyl (C=O) groups is 1. The van der Waals surface area contributed by atoms with E-state index in [4.69, 9.17) is 4.42 Å². The second kappa shape index (κ2) is 6.19. The highest BCUT2D eigenvalue weighted by molar-refractivity contribution is 5.97. The fourth-order valence-electron chi connectivity index (χ4n) is 3.60. The first-order valence-electron chi connectivity index (χ1n) is 8.73. The van der Waals surface area contributed by atoms with Crippen LogP contribution in [0.15, 0.2) is 41.0 Å². The van der Waals surface area contributed by atoms with Crippen LogP contribution in [0.25, 0.3) is 11.1 Å². The molecule has 1 aromatic carbocycles. The minimum absolute atomic E-state index is 0.0272. The third-order valence-corrected chi connectivity index (χ3v) is 4.97. The number of nitrogens with one attached hydrogen (secondary N) is 2. The van der Waals surface area contributed by atoms with Gasteiger partial charge in [-0.3, -0.25) is 4.79 Å². The van der Waals surface area contributed by atoms with Gasteiger partial charge in [-0.2, -0.15) is 0 Å². The Labute approximate surface area is 141 Å². The molecule has 4 nitrogen and oxygen atoms in total. The third-order valence-electron chi connectivity index (χ3n) is 4.97. The van der Waals surface area contributed by atoms with Crippen molar-refractivity contribution in [3.63, 3.8) is 0 Å². The van der Waals surface area contributed by atoms with Crippen molar-refractivity contribution < 1.29 is 9.21 Å². The minimum Gasteiger partial charge on any atom is -0.463 e. The smallest absolute Gasteiger partial charge is 0.268 e. The van der Waals surface area contributed by atoms with E-state index in [0.717, 1.165) is 18.4 Å². The van der Waals surface area contributed by atoms with Gasteiger partial charge in [-0.1, -0.05) is 25.1 Å². The molecule has 24 heavy (non-hydrogen) atoms. The molecule has 1 aliphatic rings. The van der Waals surface area contributed by atoms with E-state index < -0.39 is 0 Å². The van der Waals surface area contributed by atoms with E-state index in [0.29, 0.717) is 11.3 Å². The average molecular weight is 322 g/mol. The van der Waals surface area contributed by atoms with E-state index in [-0.39, 0.29) is 11.9 Å². The number of furan rings is 1. The van der Waals surface area contributed by atoms with Crippen molar-refractivity contribution in [1.29, 1.82) is 0 Å². The Kier molecular flexibility index (Phi) is 3.89. The maximum Gasteiger partial charge on any atom is 0.268 e. The van der Waals surface area contributed by atoms with Gasteiger partial charge < -0.3 is 14.7 Å². The van der Waals surface area contributed by atoms with Crippen LogP contribution >= 0.6 is 0 Å². The maximum absolute atomic E-state index is 12.6. The predicted molar refractivity (Wildman–Crippen MR) is 94.1 cm³/mol. The molecule has 0 aliphatic heterocycles. The Morgan fingerprint density at radius 2 is 2.04 bits per heavy atom. The molecular weight excluding hydrogens is 300 g/mol. The standard InChI is InChI=1S/C20H22N2O2/c1-2-16(15-8-7-13-5-3-4-6-14(13)11-15)22-20(23)18-12-19-17(21-18)9-10-24-19/h7-12,16,21H,2-6H2,1H3,(H,22,23). The fourth-order valence-corrected chi connectivity index (χ4v) is 3.60. The average Bonchev–Trinajstić information content (AvgIpc) is 3.21. The van der Waals surface area contributed by atoms with Gasteiger partial charge in [0.05, 0.1) is 17.8 Å². The minimum atomic E-state index is -0.0917. The van der Waals surface area contributed by atoms with Gasteiger partial charge in [0.2, 0.25) is 0 Å². The van der Waals surface area contributed by atoms with Crippen molar-refractivity contribution in [2.45, 2.75) is 45.1 Å². The molecule has 3 aromatic rings. The van der Waals surface area contributed by atoms with Crippen molar-refractivity contribution in [2.24, 2.45) is 0 Å². The summed E-state index contributed by atoms with van der Waals surface area (Å²) >= 11 is 0. The molecule has 1 amide bonds. The zero-order valence-electron chi connectivity index (χ0n) is 13.9. The van der Waals surface area contributed by atoms with Crippen LogP contribution in [-0.4, -0.2) is 10.9 Å². The van der Waals surface area contributed by atoms with Gasteiger partial charge in [0.1, 0.15) is 5.69 Å². The largest absolute Gasteiger partial charge is 0.463 e. The van der Waals surface area contributed by atoms with Gasteiger partial charge in [0.15, 0.2) is 5.58 Å². The van der Waals surface area contributed by atoms with Gasteiger partial charge in [0, 0.05) is 12.1 Å². The first-order valence-corrected chi connectivity index (χ1v) is 8.73. The molecule has 0 radical (unpaired) electrons. The second-order valence-electron chi connectivity index (χ2n) is 6.55. The highest BCUT2D eigenvalue weighted by atomic mass is 16.3. The summed E-state index contributed by atoms with van der Waals surface area (Å²) in [4.78, 5) is 15.7. The van der Waals surface area contributed by atoms with Gasteiger partial charge in [-0.05, 0) is 48.8 Å². The number of amides is 1. The molecule has 0 saturated carbocycles. The molecule has 1 atom stereocenters. The van der Waals surface area contributed by atoms with E-state index in [9.17, 15) is 4.79 Å². The zero-order valence-corrected chi connectivity index (χ0v) is 13.9. The zero-order chi connectivity index (χ0) is 16.5. The quantitative estimate of drug-likeness (QED) is 0.742. The van der Waals surface area contributed by atoms with E-state index >= 15 is 0 Å². The van der Waals surface area contributed by atoms with Crippen LogP contribution < -0.4 is 5.32 Å². The van der Waals surface area contributed by atoms with Crippen LogP contribution in [0.2, 0.25) is 0 Å². The van der Waals surface area contributed by atoms with Crippen molar-refractivity contribution in [2.75, 3.05) is 0 Å². The molecule has 4 heteroatoms. The van der Waals surface area contributed by atoms with E-state index in [1.54, 1.807) is 12.3 Å². The van der Waals surface area contributed by atoms with Gasteiger partial charge in [0.25, 0.3) is 5.91 Å². The molecule has 0 spiro atoms. The third kappa shape index (κ3) is 2.73. The Hall–Kier alpha value is -2.49. The van der Waals surface area contributed by atoms with Gasteiger partial charge in [-0.15, -0.1) is 0 Å². The van der Waals surface area contributed by atoms with E-state index in [1.807, 2.05) is 6.07 Å². The SMILES string of the molecule is CCC(NC(=O)c1cc2occc2[nH]1)c1ccc2c(c1)CCCC2. The number of carbonyl (C=O) groups excluding carboxylic acids is 1. The second-order valence-corrected chi connectivity index (χ2v) is 6.55. The number of rotatable bonds is 4. The molecule has 2 N–H and O–H groups in total. The molecule has 0 fully saturated rings. The van der Waals surface area contributed by atoms with Gasteiger partial charge >= 0.3 is 0 Å². The summed E-state index contributed by atoms with van der Waals surface area (Å²) in [5.41, 5.74) is 6.21. The number of aromatic nitrogens is 1. The molecule has 1 aliphatic carbocycles. The van der Waals surface area contributed by atoms with Gasteiger partial charge in [-0.25, -0.2) is 0 Å². The van der Waals surface area contributed by atoms with Crippen molar-refractivity contribution in [1.82, 2.24) is 10.3 Å². The summed E-state index contributed by atoms with van der Waals surface area (Å²) in [6.45, 7) is 2.10. The number of aromatic amines is 1. The molecule has 2 heterocycles. The summed E-state index contributed by atoms with van der Waals surface area (Å²) in [6.07, 6.45) is 7.36. The summed E-state index contributed by atoms with van der Waals surface area (Å²) in [6, 6.07) is 10.3. The maximum atomic E-state index is 12.6. The number of aryl methyl sites for hydroxylation is 2. The predicted octanol–water partition coefficient (Wildman–Crippen LogP) is 4.52. The first kappa shape index (κ1) is 15.1. The lowest BCUT2D eigenvalue weighted by molar-refractivity contribution is 0.0931. The van der Waals surface area contributed by atoms with E-state index in [2.05, 4.69) is 35.4 Å². The van der Waals surface area contributed by atoms with Crippen LogP contribution in [0, 0.1) is 0 Å². The number of fused-ring (bicyclic) bond motifs is 2. The summed E-state index contributed by atoms with van der Waals surface area (Å²) in [5, 5.41) is 3.14. The summed E-state index contributed by atoms with van der Waals surface area (Å²) < 4.78 is 5.32. The molecular formula is C20H22N2O2. The number of hydrogen-bond acceptors (Lipinski definition) is 2. The van der Waals surface area contributed by atoms with Crippen molar-refractivity contribution >= 4 is 17.0 Å². The molecule has 124 valence electrons. The lowest BCUT2D eigenvalue weighted by Gasteiger charge is -2.21. The Balaban J connectivity index is 1.55. The van der Waals surface area contributed by atoms with Crippen molar-refractivity contribution in [3.8, 4) is 0 Å². The Morgan fingerprint density at radius 3 is 2.83 bits per heavy atom. The fraction of sp³-hybridized carbons (Fsp3) is 0.350. The monoisotopic (exact) mass is 322 g/mol.